The minimum atomic E-state index is 0.222. The van der Waals surface area contributed by atoms with E-state index in [1.54, 1.807) is 10.7 Å². The number of aromatic nitrogens is 4. The third-order valence-electron chi connectivity index (χ3n) is 4.77. The molecule has 1 saturated carbocycles. The maximum atomic E-state index is 6.04. The van der Waals surface area contributed by atoms with Crippen LogP contribution in [0, 0.1) is 0 Å². The number of anilines is 1. The summed E-state index contributed by atoms with van der Waals surface area (Å²) in [6.45, 7) is 1.78. The molecule has 1 atom stereocenters. The van der Waals surface area contributed by atoms with Crippen molar-refractivity contribution in [1.82, 2.24) is 19.6 Å². The first-order valence-corrected chi connectivity index (χ1v) is 8.75. The Morgan fingerprint density at radius 3 is 2.88 bits per heavy atom. The molecule has 1 aliphatic heterocycles. The van der Waals surface area contributed by atoms with Gasteiger partial charge in [-0.15, -0.1) is 0 Å². The molecule has 7 heteroatoms. The molecule has 0 amide bonds. The molecule has 7 nitrogen and oxygen atoms in total. The number of hydrogen-bond donors (Lipinski definition) is 1. The summed E-state index contributed by atoms with van der Waals surface area (Å²) in [7, 11) is 0. The second-order valence-corrected chi connectivity index (χ2v) is 6.78. The van der Waals surface area contributed by atoms with Crippen molar-refractivity contribution >= 4 is 11.5 Å². The van der Waals surface area contributed by atoms with Crippen LogP contribution >= 0.6 is 0 Å². The first-order valence-electron chi connectivity index (χ1n) is 8.75. The van der Waals surface area contributed by atoms with E-state index in [4.69, 9.17) is 15.5 Å². The van der Waals surface area contributed by atoms with E-state index in [0.717, 1.165) is 54.9 Å². The number of hydrogen-bond acceptors (Lipinski definition) is 6. The van der Waals surface area contributed by atoms with Crippen LogP contribution in [-0.2, 0) is 0 Å². The van der Waals surface area contributed by atoms with Gasteiger partial charge < -0.3 is 15.4 Å². The Balaban J connectivity index is 1.57. The molecule has 1 aliphatic carbocycles. The molecular weight excluding hydrogens is 316 g/mol. The fourth-order valence-corrected chi connectivity index (χ4v) is 3.25. The minimum absolute atomic E-state index is 0.222. The fourth-order valence-electron chi connectivity index (χ4n) is 3.25. The van der Waals surface area contributed by atoms with Crippen molar-refractivity contribution in [2.75, 3.05) is 18.0 Å². The van der Waals surface area contributed by atoms with Gasteiger partial charge in [-0.25, -0.2) is 14.5 Å². The lowest BCUT2D eigenvalue weighted by Crippen LogP contribution is -2.26. The van der Waals surface area contributed by atoms with E-state index < -0.39 is 0 Å². The van der Waals surface area contributed by atoms with Crippen molar-refractivity contribution in [2.24, 2.45) is 5.73 Å². The Morgan fingerprint density at radius 1 is 1.16 bits per heavy atom. The van der Waals surface area contributed by atoms with Crippen molar-refractivity contribution in [2.45, 2.75) is 31.4 Å². The van der Waals surface area contributed by atoms with Gasteiger partial charge in [0, 0.05) is 37.1 Å². The van der Waals surface area contributed by atoms with E-state index in [0.29, 0.717) is 12.0 Å². The summed E-state index contributed by atoms with van der Waals surface area (Å²) in [6.07, 6.45) is 9.04. The summed E-state index contributed by atoms with van der Waals surface area (Å²) in [4.78, 5) is 11.5. The maximum absolute atomic E-state index is 6.04. The molecule has 4 heterocycles. The lowest BCUT2D eigenvalue weighted by molar-refractivity contribution is 0.292. The highest BCUT2D eigenvalue weighted by Crippen LogP contribution is 2.35. The summed E-state index contributed by atoms with van der Waals surface area (Å²) in [5.41, 5.74) is 8.72. The second kappa shape index (κ2) is 5.70. The molecule has 2 fully saturated rings. The molecule has 0 radical (unpaired) electrons. The first kappa shape index (κ1) is 14.7. The van der Waals surface area contributed by atoms with Crippen LogP contribution in [0.3, 0.4) is 0 Å². The summed E-state index contributed by atoms with van der Waals surface area (Å²) in [6, 6.07) is 6.15. The van der Waals surface area contributed by atoms with Crippen LogP contribution in [0.4, 0.5) is 5.82 Å². The quantitative estimate of drug-likeness (QED) is 0.783. The average Bonchev–Trinajstić information content (AvgIpc) is 3.18. The normalized spacial score (nSPS) is 20.4. The number of pyridine rings is 1. The van der Waals surface area contributed by atoms with Crippen molar-refractivity contribution in [1.29, 1.82) is 0 Å². The van der Waals surface area contributed by atoms with Crippen LogP contribution in [0.1, 0.15) is 19.3 Å². The van der Waals surface area contributed by atoms with E-state index >= 15 is 0 Å². The number of rotatable bonds is 4. The molecule has 0 bridgehead atoms. The van der Waals surface area contributed by atoms with Crippen LogP contribution in [0.25, 0.3) is 16.8 Å². The predicted molar refractivity (Wildman–Crippen MR) is 94.7 cm³/mol. The molecule has 3 aromatic heterocycles. The van der Waals surface area contributed by atoms with Crippen LogP contribution in [0.5, 0.6) is 5.88 Å². The second-order valence-electron chi connectivity index (χ2n) is 6.78. The highest BCUT2D eigenvalue weighted by molar-refractivity contribution is 5.80. The van der Waals surface area contributed by atoms with E-state index in [1.807, 2.05) is 30.6 Å². The Kier molecular flexibility index (Phi) is 3.34. The van der Waals surface area contributed by atoms with Crippen LogP contribution in [-0.4, -0.2) is 44.8 Å². The zero-order valence-corrected chi connectivity index (χ0v) is 13.9. The van der Waals surface area contributed by atoms with Crippen LogP contribution in [0.2, 0.25) is 0 Å². The Hall–Kier alpha value is -2.67. The molecule has 128 valence electrons. The van der Waals surface area contributed by atoms with Crippen LogP contribution in [0.15, 0.2) is 36.8 Å². The Bertz CT molecular complexity index is 919. The number of ether oxygens (including phenoxy) is 1. The Morgan fingerprint density at radius 2 is 2.08 bits per heavy atom. The van der Waals surface area contributed by atoms with Gasteiger partial charge in [0.25, 0.3) is 0 Å². The zero-order chi connectivity index (χ0) is 16.8. The highest BCUT2D eigenvalue weighted by Gasteiger charge is 2.26. The van der Waals surface area contributed by atoms with Gasteiger partial charge in [-0.05, 0) is 37.5 Å². The monoisotopic (exact) mass is 336 g/mol. The van der Waals surface area contributed by atoms with Gasteiger partial charge in [-0.3, -0.25) is 0 Å². The third-order valence-corrected chi connectivity index (χ3v) is 4.77. The summed E-state index contributed by atoms with van der Waals surface area (Å²) >= 11 is 0. The summed E-state index contributed by atoms with van der Waals surface area (Å²) in [5.74, 6) is 1.60. The van der Waals surface area contributed by atoms with Gasteiger partial charge in [-0.2, -0.15) is 5.10 Å². The smallest absolute Gasteiger partial charge is 0.221 e. The van der Waals surface area contributed by atoms with E-state index in [-0.39, 0.29) is 6.04 Å². The molecule has 5 rings (SSSR count). The minimum Gasteiger partial charge on any atom is -0.474 e. The average molecular weight is 336 g/mol. The molecule has 3 aromatic rings. The fraction of sp³-hybridized carbons (Fsp3) is 0.389. The lowest BCUT2D eigenvalue weighted by atomic mass is 10.1. The molecular formula is C18H20N6O. The standard InChI is InChI=1S/C18H20N6O/c19-12-5-8-23(11-12)16-6-9-24-17(22-16)15(10-21-24)14-2-1-7-20-18(14)25-13-3-4-13/h1-2,6-7,9-10,12-13H,3-5,8,11,19H2/t12-/m1/s1. The molecule has 25 heavy (non-hydrogen) atoms. The molecule has 2 N–H and O–H groups in total. The molecule has 0 spiro atoms. The van der Waals surface area contributed by atoms with Gasteiger partial charge in [-0.1, -0.05) is 0 Å². The van der Waals surface area contributed by atoms with Gasteiger partial charge in [0.05, 0.1) is 11.8 Å². The first-order chi connectivity index (χ1) is 12.3. The zero-order valence-electron chi connectivity index (χ0n) is 13.9. The number of fused-ring (bicyclic) bond motifs is 1. The van der Waals surface area contributed by atoms with E-state index in [2.05, 4.69) is 15.0 Å². The lowest BCUT2D eigenvalue weighted by Gasteiger charge is -2.17. The van der Waals surface area contributed by atoms with Gasteiger partial charge >= 0.3 is 0 Å². The predicted octanol–water partition coefficient (Wildman–Crippen LogP) is 1.87. The largest absolute Gasteiger partial charge is 0.474 e. The van der Waals surface area contributed by atoms with Crippen molar-refractivity contribution in [3.8, 4) is 17.0 Å². The number of nitrogens with zero attached hydrogens (tertiary/aromatic N) is 5. The molecule has 2 aliphatic rings. The van der Waals surface area contributed by atoms with Crippen molar-refractivity contribution in [3.63, 3.8) is 0 Å². The SMILES string of the molecule is N[C@@H]1CCN(c2ccn3ncc(-c4cccnc4OC4CC4)c3n2)C1. The number of nitrogens with two attached hydrogens (primary N) is 1. The molecule has 0 aromatic carbocycles. The maximum Gasteiger partial charge on any atom is 0.221 e. The molecule has 0 unspecified atom stereocenters. The van der Waals surface area contributed by atoms with Crippen molar-refractivity contribution < 1.29 is 4.74 Å². The highest BCUT2D eigenvalue weighted by atomic mass is 16.5. The molecule has 1 saturated heterocycles. The van der Waals surface area contributed by atoms with E-state index in [1.165, 1.54) is 0 Å². The summed E-state index contributed by atoms with van der Waals surface area (Å²) in [5, 5.41) is 4.44. The Labute approximate surface area is 145 Å². The van der Waals surface area contributed by atoms with Crippen LogP contribution < -0.4 is 15.4 Å². The van der Waals surface area contributed by atoms with Crippen molar-refractivity contribution in [3.05, 3.63) is 36.8 Å². The van der Waals surface area contributed by atoms with Gasteiger partial charge in [0.2, 0.25) is 5.88 Å². The van der Waals surface area contributed by atoms with Gasteiger partial charge in [0.15, 0.2) is 5.65 Å². The van der Waals surface area contributed by atoms with Gasteiger partial charge in [0.1, 0.15) is 11.9 Å². The summed E-state index contributed by atoms with van der Waals surface area (Å²) < 4.78 is 7.76. The third kappa shape index (κ3) is 2.70. The van der Waals surface area contributed by atoms with E-state index in [9.17, 15) is 0 Å². The topological polar surface area (TPSA) is 81.6 Å².